The molecule has 0 saturated carbocycles. The zero-order valence-electron chi connectivity index (χ0n) is 11.6. The van der Waals surface area contributed by atoms with Crippen molar-refractivity contribution < 1.29 is 9.53 Å². The standard InChI is InChI=1S/C15H20N2O2/c1-4-11(2)17-15(18)12(3)19-14-7-5-13(6-8-14)9-10-16/h5-8,11-12H,4,9H2,1-3H3,(H,17,18). The van der Waals surface area contributed by atoms with Crippen molar-refractivity contribution in [3.8, 4) is 11.8 Å². The van der Waals surface area contributed by atoms with Gasteiger partial charge in [-0.05, 0) is 38.0 Å². The lowest BCUT2D eigenvalue weighted by Crippen LogP contribution is -2.40. The summed E-state index contributed by atoms with van der Waals surface area (Å²) in [6.07, 6.45) is 0.738. The maximum atomic E-state index is 11.8. The second-order valence-corrected chi connectivity index (χ2v) is 4.56. The van der Waals surface area contributed by atoms with Gasteiger partial charge >= 0.3 is 0 Å². The van der Waals surface area contributed by atoms with E-state index in [1.54, 1.807) is 19.1 Å². The summed E-state index contributed by atoms with van der Waals surface area (Å²) in [5.74, 6) is 0.518. The summed E-state index contributed by atoms with van der Waals surface area (Å²) in [6, 6.07) is 9.45. The number of amides is 1. The fraction of sp³-hybridized carbons (Fsp3) is 0.467. The largest absolute Gasteiger partial charge is 0.481 e. The third-order valence-corrected chi connectivity index (χ3v) is 2.89. The third kappa shape index (κ3) is 5.01. The lowest BCUT2D eigenvalue weighted by Gasteiger charge is -2.17. The molecule has 4 heteroatoms. The first-order valence-corrected chi connectivity index (χ1v) is 6.49. The van der Waals surface area contributed by atoms with Gasteiger partial charge in [0, 0.05) is 6.04 Å². The van der Waals surface area contributed by atoms with Crippen LogP contribution in [0.1, 0.15) is 32.8 Å². The van der Waals surface area contributed by atoms with E-state index < -0.39 is 6.10 Å². The number of hydrogen-bond donors (Lipinski definition) is 1. The highest BCUT2D eigenvalue weighted by molar-refractivity contribution is 5.80. The minimum absolute atomic E-state index is 0.115. The molecule has 2 unspecified atom stereocenters. The van der Waals surface area contributed by atoms with Crippen LogP contribution in [0.5, 0.6) is 5.75 Å². The molecule has 0 bridgehead atoms. The van der Waals surface area contributed by atoms with Gasteiger partial charge < -0.3 is 10.1 Å². The van der Waals surface area contributed by atoms with Gasteiger partial charge in [-0.3, -0.25) is 4.79 Å². The Morgan fingerprint density at radius 1 is 1.37 bits per heavy atom. The van der Waals surface area contributed by atoms with Crippen molar-refractivity contribution in [1.29, 1.82) is 5.26 Å². The van der Waals surface area contributed by atoms with E-state index in [2.05, 4.69) is 11.4 Å². The number of carbonyl (C=O) groups is 1. The summed E-state index contributed by atoms with van der Waals surface area (Å²) in [7, 11) is 0. The number of nitrogens with one attached hydrogen (secondary N) is 1. The molecule has 0 aliphatic carbocycles. The molecule has 1 N–H and O–H groups in total. The second-order valence-electron chi connectivity index (χ2n) is 4.56. The van der Waals surface area contributed by atoms with Gasteiger partial charge in [0.15, 0.2) is 6.10 Å². The molecular weight excluding hydrogens is 240 g/mol. The summed E-state index contributed by atoms with van der Waals surface area (Å²) in [4.78, 5) is 11.8. The molecule has 1 amide bonds. The van der Waals surface area contributed by atoms with Crippen LogP contribution in [0, 0.1) is 11.3 Å². The number of hydrogen-bond acceptors (Lipinski definition) is 3. The first-order valence-electron chi connectivity index (χ1n) is 6.49. The molecule has 1 aromatic carbocycles. The fourth-order valence-corrected chi connectivity index (χ4v) is 1.50. The van der Waals surface area contributed by atoms with Crippen molar-refractivity contribution in [1.82, 2.24) is 5.32 Å². The van der Waals surface area contributed by atoms with Crippen LogP contribution >= 0.6 is 0 Å². The molecule has 0 radical (unpaired) electrons. The van der Waals surface area contributed by atoms with Crippen LogP contribution in [0.3, 0.4) is 0 Å². The van der Waals surface area contributed by atoms with E-state index in [4.69, 9.17) is 10.00 Å². The molecule has 0 spiro atoms. The van der Waals surface area contributed by atoms with Crippen molar-refractivity contribution >= 4 is 5.91 Å². The van der Waals surface area contributed by atoms with Gasteiger partial charge in [0.05, 0.1) is 12.5 Å². The average Bonchev–Trinajstić information content (AvgIpc) is 2.41. The molecule has 102 valence electrons. The predicted octanol–water partition coefficient (Wildman–Crippen LogP) is 2.43. The first kappa shape index (κ1) is 15.0. The number of rotatable bonds is 6. The highest BCUT2D eigenvalue weighted by atomic mass is 16.5. The Kier molecular flexibility index (Phi) is 5.87. The number of benzene rings is 1. The molecule has 2 atom stereocenters. The minimum Gasteiger partial charge on any atom is -0.481 e. The average molecular weight is 260 g/mol. The third-order valence-electron chi connectivity index (χ3n) is 2.89. The zero-order valence-corrected chi connectivity index (χ0v) is 11.6. The summed E-state index contributed by atoms with van der Waals surface area (Å²) in [5.41, 5.74) is 0.937. The Hall–Kier alpha value is -2.02. The van der Waals surface area contributed by atoms with Crippen LogP contribution in [0.25, 0.3) is 0 Å². The fourth-order valence-electron chi connectivity index (χ4n) is 1.50. The van der Waals surface area contributed by atoms with Gasteiger partial charge in [-0.1, -0.05) is 19.1 Å². The highest BCUT2D eigenvalue weighted by Crippen LogP contribution is 2.14. The van der Waals surface area contributed by atoms with E-state index in [-0.39, 0.29) is 11.9 Å². The van der Waals surface area contributed by atoms with Crippen molar-refractivity contribution in [3.05, 3.63) is 29.8 Å². The quantitative estimate of drug-likeness (QED) is 0.854. The van der Waals surface area contributed by atoms with E-state index in [0.29, 0.717) is 12.2 Å². The van der Waals surface area contributed by atoms with Gasteiger partial charge in [0.1, 0.15) is 5.75 Å². The minimum atomic E-state index is -0.532. The molecule has 0 aromatic heterocycles. The normalized spacial score (nSPS) is 13.2. The van der Waals surface area contributed by atoms with Gasteiger partial charge in [-0.2, -0.15) is 5.26 Å². The molecule has 0 aliphatic rings. The molecule has 0 saturated heterocycles. The molecular formula is C15H20N2O2. The molecule has 1 aromatic rings. The molecule has 1 rings (SSSR count). The zero-order chi connectivity index (χ0) is 14.3. The monoisotopic (exact) mass is 260 g/mol. The van der Waals surface area contributed by atoms with E-state index in [1.165, 1.54) is 0 Å². The van der Waals surface area contributed by atoms with Crippen molar-refractivity contribution in [2.75, 3.05) is 0 Å². The molecule has 0 fully saturated rings. The maximum absolute atomic E-state index is 11.8. The number of nitriles is 1. The Bertz CT molecular complexity index is 448. The molecule has 4 nitrogen and oxygen atoms in total. The Morgan fingerprint density at radius 2 is 2.00 bits per heavy atom. The van der Waals surface area contributed by atoms with E-state index >= 15 is 0 Å². The summed E-state index contributed by atoms with van der Waals surface area (Å²) in [6.45, 7) is 5.70. The van der Waals surface area contributed by atoms with Crippen LogP contribution in [0.2, 0.25) is 0 Å². The number of carbonyl (C=O) groups excluding carboxylic acids is 1. The predicted molar refractivity (Wildman–Crippen MR) is 73.7 cm³/mol. The SMILES string of the molecule is CCC(C)NC(=O)C(C)Oc1ccc(CC#N)cc1. The second kappa shape index (κ2) is 7.42. The van der Waals surface area contributed by atoms with E-state index in [9.17, 15) is 4.79 Å². The van der Waals surface area contributed by atoms with Crippen molar-refractivity contribution in [2.45, 2.75) is 45.8 Å². The van der Waals surface area contributed by atoms with E-state index in [0.717, 1.165) is 12.0 Å². The lowest BCUT2D eigenvalue weighted by atomic mass is 10.1. The smallest absolute Gasteiger partial charge is 0.260 e. The van der Waals surface area contributed by atoms with Gasteiger partial charge in [-0.15, -0.1) is 0 Å². The topological polar surface area (TPSA) is 62.1 Å². The number of nitrogens with zero attached hydrogens (tertiary/aromatic N) is 1. The van der Waals surface area contributed by atoms with Gasteiger partial charge in [-0.25, -0.2) is 0 Å². The Labute approximate surface area is 114 Å². The van der Waals surface area contributed by atoms with Crippen LogP contribution in [0.15, 0.2) is 24.3 Å². The summed E-state index contributed by atoms with van der Waals surface area (Å²) in [5, 5.41) is 11.5. The van der Waals surface area contributed by atoms with E-state index in [1.807, 2.05) is 26.0 Å². The summed E-state index contributed by atoms with van der Waals surface area (Å²) >= 11 is 0. The maximum Gasteiger partial charge on any atom is 0.260 e. The Balaban J connectivity index is 2.54. The van der Waals surface area contributed by atoms with Crippen LogP contribution in [-0.2, 0) is 11.2 Å². The highest BCUT2D eigenvalue weighted by Gasteiger charge is 2.15. The van der Waals surface area contributed by atoms with Crippen molar-refractivity contribution in [2.24, 2.45) is 0 Å². The molecule has 0 heterocycles. The number of ether oxygens (including phenoxy) is 1. The van der Waals surface area contributed by atoms with Crippen molar-refractivity contribution in [3.63, 3.8) is 0 Å². The van der Waals surface area contributed by atoms with Crippen LogP contribution < -0.4 is 10.1 Å². The van der Waals surface area contributed by atoms with Crippen LogP contribution in [-0.4, -0.2) is 18.1 Å². The summed E-state index contributed by atoms with van der Waals surface area (Å²) < 4.78 is 5.56. The van der Waals surface area contributed by atoms with Crippen LogP contribution in [0.4, 0.5) is 0 Å². The van der Waals surface area contributed by atoms with Gasteiger partial charge in [0.25, 0.3) is 5.91 Å². The first-order chi connectivity index (χ1) is 9.06. The lowest BCUT2D eigenvalue weighted by molar-refractivity contribution is -0.127. The Morgan fingerprint density at radius 3 is 2.53 bits per heavy atom. The van der Waals surface area contributed by atoms with Gasteiger partial charge in [0.2, 0.25) is 0 Å². The molecule has 0 aliphatic heterocycles. The molecule has 19 heavy (non-hydrogen) atoms.